The van der Waals surface area contributed by atoms with Gasteiger partial charge in [-0.25, -0.2) is 0 Å². The van der Waals surface area contributed by atoms with E-state index in [1.807, 2.05) is 41.1 Å². The van der Waals surface area contributed by atoms with Gasteiger partial charge in [0.15, 0.2) is 0 Å². The van der Waals surface area contributed by atoms with Gasteiger partial charge in [-0.05, 0) is 35.7 Å². The van der Waals surface area contributed by atoms with E-state index < -0.39 is 0 Å². The van der Waals surface area contributed by atoms with Crippen LogP contribution in [0, 0.1) is 0 Å². The van der Waals surface area contributed by atoms with Crippen molar-refractivity contribution in [3.63, 3.8) is 0 Å². The van der Waals surface area contributed by atoms with E-state index in [0.717, 1.165) is 37.6 Å². The molecule has 8 heteroatoms. The van der Waals surface area contributed by atoms with Crippen LogP contribution in [0.1, 0.15) is 10.4 Å². The summed E-state index contributed by atoms with van der Waals surface area (Å²) in [7, 11) is 0. The Balaban J connectivity index is 1.51. The Hall–Kier alpha value is -2.84. The van der Waals surface area contributed by atoms with Gasteiger partial charge >= 0.3 is 0 Å². The molecule has 1 aliphatic rings. The van der Waals surface area contributed by atoms with Gasteiger partial charge in [0, 0.05) is 35.4 Å². The molecular weight excluding hydrogens is 352 g/mol. The van der Waals surface area contributed by atoms with E-state index in [4.69, 9.17) is 15.0 Å². The fraction of sp³-hybridized carbons (Fsp3) is 0.222. The number of nitrogens with one attached hydrogen (secondary N) is 1. The van der Waals surface area contributed by atoms with Crippen molar-refractivity contribution in [3.05, 3.63) is 46.7 Å². The third-order valence-corrected chi connectivity index (χ3v) is 4.92. The predicted octanol–water partition coefficient (Wildman–Crippen LogP) is 3.07. The lowest BCUT2D eigenvalue weighted by Gasteiger charge is -2.28. The summed E-state index contributed by atoms with van der Waals surface area (Å²) in [5, 5.41) is 10.6. The number of aromatic nitrogens is 1. The first-order valence-corrected chi connectivity index (χ1v) is 9.18. The first-order valence-electron chi connectivity index (χ1n) is 8.24. The lowest BCUT2D eigenvalue weighted by Crippen LogP contribution is -2.36. The molecule has 0 bridgehead atoms. The van der Waals surface area contributed by atoms with Gasteiger partial charge in [0.2, 0.25) is 5.88 Å². The average molecular weight is 370 g/mol. The number of thiophene rings is 1. The summed E-state index contributed by atoms with van der Waals surface area (Å²) < 4.78 is 10.4. The third-order valence-electron chi connectivity index (χ3n) is 4.24. The van der Waals surface area contributed by atoms with Crippen LogP contribution in [0.15, 0.2) is 45.6 Å². The number of hydrogen-bond donors (Lipinski definition) is 2. The van der Waals surface area contributed by atoms with E-state index in [1.165, 1.54) is 11.3 Å². The summed E-state index contributed by atoms with van der Waals surface area (Å²) in [6, 6.07) is 9.58. The number of nitrogens with zero attached hydrogens (tertiary/aromatic N) is 2. The van der Waals surface area contributed by atoms with Gasteiger partial charge in [0.25, 0.3) is 5.91 Å². The molecule has 134 valence electrons. The minimum Gasteiger partial charge on any atom is -0.378 e. The van der Waals surface area contributed by atoms with Crippen LogP contribution in [0.4, 0.5) is 17.3 Å². The van der Waals surface area contributed by atoms with E-state index in [9.17, 15) is 4.79 Å². The van der Waals surface area contributed by atoms with Gasteiger partial charge in [-0.1, -0.05) is 5.16 Å². The summed E-state index contributed by atoms with van der Waals surface area (Å²) in [5.74, 6) is -0.335. The van der Waals surface area contributed by atoms with Crippen molar-refractivity contribution >= 4 is 34.5 Å². The quantitative estimate of drug-likeness (QED) is 0.733. The van der Waals surface area contributed by atoms with E-state index in [2.05, 4.69) is 15.4 Å². The van der Waals surface area contributed by atoms with Gasteiger partial charge < -0.3 is 25.2 Å². The molecule has 3 aromatic rings. The number of hydrogen-bond acceptors (Lipinski definition) is 7. The topological polar surface area (TPSA) is 93.6 Å². The molecule has 0 saturated carbocycles. The molecule has 1 saturated heterocycles. The minimum absolute atomic E-state index is 0.00800. The predicted molar refractivity (Wildman–Crippen MR) is 102 cm³/mol. The number of morpholine rings is 1. The number of carbonyl (C=O) groups excluding carboxylic acids is 1. The minimum atomic E-state index is -0.343. The van der Waals surface area contributed by atoms with Gasteiger partial charge in [-0.3, -0.25) is 4.79 Å². The molecule has 1 amide bonds. The van der Waals surface area contributed by atoms with Crippen LogP contribution in [0.5, 0.6) is 0 Å². The largest absolute Gasteiger partial charge is 0.378 e. The molecule has 7 nitrogen and oxygen atoms in total. The smallest absolute Gasteiger partial charge is 0.263 e. The summed E-state index contributed by atoms with van der Waals surface area (Å²) in [6.45, 7) is 3.20. The number of benzene rings is 1. The van der Waals surface area contributed by atoms with Crippen LogP contribution in [-0.4, -0.2) is 37.4 Å². The number of ether oxygens (including phenoxy) is 1. The SMILES string of the molecule is Nc1onc(-c2ccsc2)c1C(=O)Nc1ccc(N2CCOCC2)cc1. The zero-order valence-corrected chi connectivity index (χ0v) is 14.8. The Labute approximate surface area is 154 Å². The number of anilines is 3. The normalized spacial score (nSPS) is 14.4. The summed E-state index contributed by atoms with van der Waals surface area (Å²) >= 11 is 1.52. The van der Waals surface area contributed by atoms with Crippen molar-refractivity contribution in [1.82, 2.24) is 5.16 Å². The van der Waals surface area contributed by atoms with Crippen molar-refractivity contribution in [3.8, 4) is 11.3 Å². The highest BCUT2D eigenvalue weighted by Crippen LogP contribution is 2.29. The number of amides is 1. The van der Waals surface area contributed by atoms with Crippen LogP contribution in [-0.2, 0) is 4.74 Å². The molecule has 1 aromatic carbocycles. The molecule has 3 heterocycles. The Kier molecular flexibility index (Phi) is 4.59. The molecule has 4 rings (SSSR count). The molecule has 0 unspecified atom stereocenters. The van der Waals surface area contributed by atoms with E-state index in [0.29, 0.717) is 11.4 Å². The molecule has 1 aliphatic heterocycles. The molecule has 26 heavy (non-hydrogen) atoms. The summed E-state index contributed by atoms with van der Waals surface area (Å²) in [6.07, 6.45) is 0. The maximum atomic E-state index is 12.7. The average Bonchev–Trinajstić information content (AvgIpc) is 3.32. The second kappa shape index (κ2) is 7.19. The van der Waals surface area contributed by atoms with E-state index in [1.54, 1.807) is 0 Å². The molecule has 0 radical (unpaired) electrons. The first-order chi connectivity index (χ1) is 12.7. The van der Waals surface area contributed by atoms with Crippen LogP contribution in [0.3, 0.4) is 0 Å². The number of carbonyl (C=O) groups is 1. The number of rotatable bonds is 4. The monoisotopic (exact) mass is 370 g/mol. The summed E-state index contributed by atoms with van der Waals surface area (Å²) in [4.78, 5) is 14.9. The Morgan fingerprint density at radius 3 is 2.65 bits per heavy atom. The zero-order chi connectivity index (χ0) is 17.9. The van der Waals surface area contributed by atoms with Gasteiger partial charge in [0.05, 0.1) is 13.2 Å². The fourth-order valence-corrected chi connectivity index (χ4v) is 3.53. The molecule has 1 fully saturated rings. The highest BCUT2D eigenvalue weighted by molar-refractivity contribution is 7.08. The third kappa shape index (κ3) is 3.29. The van der Waals surface area contributed by atoms with Crippen molar-refractivity contribution in [2.45, 2.75) is 0 Å². The lowest BCUT2D eigenvalue weighted by molar-refractivity contribution is 0.102. The lowest BCUT2D eigenvalue weighted by atomic mass is 10.1. The van der Waals surface area contributed by atoms with Crippen LogP contribution in [0.25, 0.3) is 11.3 Å². The number of nitrogens with two attached hydrogens (primary N) is 1. The van der Waals surface area contributed by atoms with Crippen molar-refractivity contribution in [1.29, 1.82) is 0 Å². The number of nitrogen functional groups attached to an aromatic ring is 1. The van der Waals surface area contributed by atoms with Crippen LogP contribution < -0.4 is 16.0 Å². The van der Waals surface area contributed by atoms with Crippen molar-refractivity contribution < 1.29 is 14.1 Å². The van der Waals surface area contributed by atoms with Crippen LogP contribution in [0.2, 0.25) is 0 Å². The van der Waals surface area contributed by atoms with Gasteiger partial charge in [-0.15, -0.1) is 0 Å². The van der Waals surface area contributed by atoms with Crippen molar-refractivity contribution in [2.24, 2.45) is 0 Å². The standard InChI is InChI=1S/C18H18N4O3S/c19-17-15(16(21-25-17)12-5-10-26-11-12)18(23)20-13-1-3-14(4-2-13)22-6-8-24-9-7-22/h1-5,10-11H,6-9,19H2,(H,20,23). The summed E-state index contributed by atoms with van der Waals surface area (Å²) in [5.41, 5.74) is 9.12. The molecular formula is C18H18N4O3S. The van der Waals surface area contributed by atoms with E-state index >= 15 is 0 Å². The first kappa shape index (κ1) is 16.6. The molecule has 3 N–H and O–H groups in total. The maximum absolute atomic E-state index is 12.7. The Bertz CT molecular complexity index is 884. The second-order valence-corrected chi connectivity index (χ2v) is 6.66. The molecule has 0 atom stereocenters. The maximum Gasteiger partial charge on any atom is 0.263 e. The molecule has 2 aromatic heterocycles. The Morgan fingerprint density at radius 1 is 1.19 bits per heavy atom. The van der Waals surface area contributed by atoms with Gasteiger partial charge in [-0.2, -0.15) is 11.3 Å². The van der Waals surface area contributed by atoms with E-state index in [-0.39, 0.29) is 17.4 Å². The fourth-order valence-electron chi connectivity index (χ4n) is 2.89. The zero-order valence-electron chi connectivity index (χ0n) is 14.0. The van der Waals surface area contributed by atoms with Gasteiger partial charge in [0.1, 0.15) is 11.3 Å². The molecule has 0 aliphatic carbocycles. The Morgan fingerprint density at radius 2 is 1.96 bits per heavy atom. The highest BCUT2D eigenvalue weighted by Gasteiger charge is 2.23. The molecule has 0 spiro atoms. The highest BCUT2D eigenvalue weighted by atomic mass is 32.1. The second-order valence-electron chi connectivity index (χ2n) is 5.88. The van der Waals surface area contributed by atoms with Crippen LogP contribution >= 0.6 is 11.3 Å². The van der Waals surface area contributed by atoms with Crippen molar-refractivity contribution in [2.75, 3.05) is 42.3 Å².